The number of pyridine rings is 1. The Balaban J connectivity index is 1.26. The lowest BCUT2D eigenvalue weighted by Gasteiger charge is -2.40. The van der Waals surface area contributed by atoms with E-state index in [-0.39, 0.29) is 5.91 Å². The molecule has 9 heteroatoms. The Labute approximate surface area is 187 Å². The molecule has 0 radical (unpaired) electrons. The SMILES string of the molecule is Cc1noc(-c2ccc(-n3ncc(C(=O)N4CCN(C5CCCCC5)CC4)c3C)nc2)n1. The van der Waals surface area contributed by atoms with Crippen LogP contribution in [-0.2, 0) is 0 Å². The molecule has 1 saturated heterocycles. The molecule has 1 saturated carbocycles. The Morgan fingerprint density at radius 2 is 1.81 bits per heavy atom. The number of amides is 1. The zero-order valence-corrected chi connectivity index (χ0v) is 18.7. The molecule has 168 valence electrons. The number of aryl methyl sites for hydroxylation is 1. The van der Waals surface area contributed by atoms with E-state index in [1.54, 1.807) is 24.0 Å². The van der Waals surface area contributed by atoms with E-state index < -0.39 is 0 Å². The van der Waals surface area contributed by atoms with Crippen LogP contribution in [0.3, 0.4) is 0 Å². The van der Waals surface area contributed by atoms with E-state index in [4.69, 9.17) is 4.52 Å². The zero-order valence-electron chi connectivity index (χ0n) is 18.7. The second-order valence-electron chi connectivity index (χ2n) is 8.73. The summed E-state index contributed by atoms with van der Waals surface area (Å²) in [5.74, 6) is 1.70. The van der Waals surface area contributed by atoms with Crippen LogP contribution in [0.25, 0.3) is 17.3 Å². The second-order valence-corrected chi connectivity index (χ2v) is 8.73. The van der Waals surface area contributed by atoms with Gasteiger partial charge in [0.15, 0.2) is 11.6 Å². The van der Waals surface area contributed by atoms with Gasteiger partial charge in [0.2, 0.25) is 0 Å². The van der Waals surface area contributed by atoms with Crippen LogP contribution in [0.5, 0.6) is 0 Å². The highest BCUT2D eigenvalue weighted by atomic mass is 16.5. The fourth-order valence-corrected chi connectivity index (χ4v) is 4.81. The number of hydrogen-bond donors (Lipinski definition) is 0. The molecule has 3 aromatic heterocycles. The molecular weight excluding hydrogens is 406 g/mol. The summed E-state index contributed by atoms with van der Waals surface area (Å²) < 4.78 is 6.89. The van der Waals surface area contributed by atoms with E-state index in [1.165, 1.54) is 32.1 Å². The fraction of sp³-hybridized carbons (Fsp3) is 0.522. The molecule has 5 rings (SSSR count). The molecule has 1 amide bonds. The Bertz CT molecular complexity index is 1070. The molecule has 1 aliphatic carbocycles. The highest BCUT2D eigenvalue weighted by Crippen LogP contribution is 2.24. The average Bonchev–Trinajstić information content (AvgIpc) is 3.45. The third kappa shape index (κ3) is 4.04. The van der Waals surface area contributed by atoms with Crippen LogP contribution in [0.1, 0.15) is 54.0 Å². The van der Waals surface area contributed by atoms with Crippen molar-refractivity contribution in [2.75, 3.05) is 26.2 Å². The summed E-state index contributed by atoms with van der Waals surface area (Å²) in [6, 6.07) is 4.41. The minimum absolute atomic E-state index is 0.0509. The molecule has 2 fully saturated rings. The number of carbonyl (C=O) groups excluding carboxylic acids is 1. The Kier molecular flexibility index (Phi) is 5.73. The van der Waals surface area contributed by atoms with Crippen molar-refractivity contribution in [1.82, 2.24) is 34.7 Å². The number of piperazine rings is 1. The van der Waals surface area contributed by atoms with Gasteiger partial charge in [0.05, 0.1) is 23.0 Å². The van der Waals surface area contributed by atoms with Crippen LogP contribution in [0, 0.1) is 13.8 Å². The Hall–Kier alpha value is -3.07. The quantitative estimate of drug-likeness (QED) is 0.622. The van der Waals surface area contributed by atoms with Crippen molar-refractivity contribution in [2.24, 2.45) is 0 Å². The van der Waals surface area contributed by atoms with E-state index in [9.17, 15) is 4.79 Å². The van der Waals surface area contributed by atoms with Crippen LogP contribution < -0.4 is 0 Å². The summed E-state index contributed by atoms with van der Waals surface area (Å²) >= 11 is 0. The van der Waals surface area contributed by atoms with Crippen molar-refractivity contribution in [3.63, 3.8) is 0 Å². The van der Waals surface area contributed by atoms with Gasteiger partial charge in [-0.1, -0.05) is 24.4 Å². The summed E-state index contributed by atoms with van der Waals surface area (Å²) in [5.41, 5.74) is 2.17. The van der Waals surface area contributed by atoms with Gasteiger partial charge in [-0.25, -0.2) is 9.67 Å². The van der Waals surface area contributed by atoms with Gasteiger partial charge in [0, 0.05) is 38.4 Å². The molecule has 0 unspecified atom stereocenters. The normalized spacial score (nSPS) is 18.2. The monoisotopic (exact) mass is 435 g/mol. The van der Waals surface area contributed by atoms with Crippen molar-refractivity contribution < 1.29 is 9.32 Å². The van der Waals surface area contributed by atoms with Crippen LogP contribution in [0.15, 0.2) is 29.0 Å². The Morgan fingerprint density at radius 3 is 2.47 bits per heavy atom. The molecule has 0 aromatic carbocycles. The third-order valence-electron chi connectivity index (χ3n) is 6.67. The standard InChI is InChI=1S/C23H29N7O2/c1-16-20(23(31)29-12-10-28(11-13-29)19-6-4-3-5-7-19)15-25-30(16)21-9-8-18(14-24-21)22-26-17(2)27-32-22/h8-9,14-15,19H,3-7,10-13H2,1-2H3. The summed E-state index contributed by atoms with van der Waals surface area (Å²) in [7, 11) is 0. The van der Waals surface area contributed by atoms with Gasteiger partial charge in [0.25, 0.3) is 11.8 Å². The van der Waals surface area contributed by atoms with Crippen LogP contribution >= 0.6 is 0 Å². The van der Waals surface area contributed by atoms with Crippen LogP contribution in [-0.4, -0.2) is 72.8 Å². The molecular formula is C23H29N7O2. The average molecular weight is 436 g/mol. The maximum atomic E-state index is 13.2. The van der Waals surface area contributed by atoms with Gasteiger partial charge in [-0.05, 0) is 38.8 Å². The number of aromatic nitrogens is 5. The number of hydrogen-bond acceptors (Lipinski definition) is 7. The molecule has 0 atom stereocenters. The molecule has 1 aliphatic heterocycles. The van der Waals surface area contributed by atoms with E-state index >= 15 is 0 Å². The van der Waals surface area contributed by atoms with Gasteiger partial charge in [0.1, 0.15) is 0 Å². The van der Waals surface area contributed by atoms with Gasteiger partial charge in [-0.3, -0.25) is 9.69 Å². The molecule has 9 nitrogen and oxygen atoms in total. The van der Waals surface area contributed by atoms with E-state index in [0.29, 0.717) is 29.1 Å². The van der Waals surface area contributed by atoms with Gasteiger partial charge in [-0.2, -0.15) is 10.1 Å². The first-order valence-corrected chi connectivity index (χ1v) is 11.5. The van der Waals surface area contributed by atoms with Crippen molar-refractivity contribution in [1.29, 1.82) is 0 Å². The van der Waals surface area contributed by atoms with Crippen LogP contribution in [0.4, 0.5) is 0 Å². The smallest absolute Gasteiger partial charge is 0.259 e. The molecule has 3 aromatic rings. The van der Waals surface area contributed by atoms with Gasteiger partial charge in [-0.15, -0.1) is 0 Å². The highest BCUT2D eigenvalue weighted by Gasteiger charge is 2.29. The second kappa shape index (κ2) is 8.82. The summed E-state index contributed by atoms with van der Waals surface area (Å²) in [6.07, 6.45) is 9.98. The number of carbonyl (C=O) groups is 1. The number of nitrogens with zero attached hydrogens (tertiary/aromatic N) is 7. The maximum absolute atomic E-state index is 13.2. The molecule has 2 aliphatic rings. The van der Waals surface area contributed by atoms with Gasteiger partial charge >= 0.3 is 0 Å². The molecule has 0 spiro atoms. The van der Waals surface area contributed by atoms with Crippen LogP contribution in [0.2, 0.25) is 0 Å². The highest BCUT2D eigenvalue weighted by molar-refractivity contribution is 5.95. The van der Waals surface area contributed by atoms with Crippen molar-refractivity contribution in [3.05, 3.63) is 41.6 Å². The van der Waals surface area contributed by atoms with Crippen molar-refractivity contribution in [2.45, 2.75) is 52.0 Å². The topological polar surface area (TPSA) is 93.2 Å². The molecule has 4 heterocycles. The predicted octanol–water partition coefficient (Wildman–Crippen LogP) is 3.02. The third-order valence-corrected chi connectivity index (χ3v) is 6.67. The van der Waals surface area contributed by atoms with Crippen molar-refractivity contribution in [3.8, 4) is 17.3 Å². The van der Waals surface area contributed by atoms with Gasteiger partial charge < -0.3 is 9.42 Å². The first kappa shape index (κ1) is 20.8. The maximum Gasteiger partial charge on any atom is 0.259 e. The summed E-state index contributed by atoms with van der Waals surface area (Å²) in [4.78, 5) is 26.4. The van der Waals surface area contributed by atoms with E-state index in [1.807, 2.05) is 24.0 Å². The lowest BCUT2D eigenvalue weighted by Crippen LogP contribution is -2.52. The van der Waals surface area contributed by atoms with E-state index in [2.05, 4.69) is 25.1 Å². The zero-order chi connectivity index (χ0) is 22.1. The minimum Gasteiger partial charge on any atom is -0.336 e. The summed E-state index contributed by atoms with van der Waals surface area (Å²) in [6.45, 7) is 7.16. The first-order chi connectivity index (χ1) is 15.6. The fourth-order valence-electron chi connectivity index (χ4n) is 4.81. The predicted molar refractivity (Wildman–Crippen MR) is 118 cm³/mol. The minimum atomic E-state index is 0.0509. The lowest BCUT2D eigenvalue weighted by atomic mass is 9.94. The lowest BCUT2D eigenvalue weighted by molar-refractivity contribution is 0.0522. The van der Waals surface area contributed by atoms with E-state index in [0.717, 1.165) is 37.4 Å². The largest absolute Gasteiger partial charge is 0.336 e. The Morgan fingerprint density at radius 1 is 1.03 bits per heavy atom. The molecule has 32 heavy (non-hydrogen) atoms. The molecule has 0 bridgehead atoms. The summed E-state index contributed by atoms with van der Waals surface area (Å²) in [5, 5.41) is 8.25. The first-order valence-electron chi connectivity index (χ1n) is 11.5. The number of rotatable bonds is 4. The van der Waals surface area contributed by atoms with Crippen molar-refractivity contribution >= 4 is 5.91 Å². The molecule has 0 N–H and O–H groups in total.